The number of fused-ring (bicyclic) bond motifs is 1. The second-order valence-electron chi connectivity index (χ2n) is 6.91. The summed E-state index contributed by atoms with van der Waals surface area (Å²) in [6.45, 7) is 3.53. The van der Waals surface area contributed by atoms with E-state index in [4.69, 9.17) is 16.1 Å². The standard InChI is InChI=1S/C18H22IN7/c1-11-3-2-4-13-14(11)24-17(23-13)18(21)6-9-26(10-7-18)15(20)12-5-8-22-16(12)25-19/h2-5,8,20,22,25H,6-7,9-10,21H2,1H3,(H,23,24). The van der Waals surface area contributed by atoms with Crippen molar-refractivity contribution in [2.24, 2.45) is 5.73 Å². The van der Waals surface area contributed by atoms with Crippen molar-refractivity contribution in [1.82, 2.24) is 19.9 Å². The molecule has 2 aromatic heterocycles. The Bertz CT molecular complexity index is 950. The predicted molar refractivity (Wildman–Crippen MR) is 113 cm³/mol. The molecule has 1 aromatic carbocycles. The van der Waals surface area contributed by atoms with Gasteiger partial charge in [0.05, 0.1) is 45.0 Å². The number of likely N-dealkylation sites (tertiary alicyclic amines) is 1. The van der Waals surface area contributed by atoms with Gasteiger partial charge in [-0.1, -0.05) is 12.1 Å². The number of halogens is 1. The second kappa shape index (κ2) is 6.58. The molecule has 1 fully saturated rings. The van der Waals surface area contributed by atoms with E-state index in [0.717, 1.165) is 59.7 Å². The summed E-state index contributed by atoms with van der Waals surface area (Å²) in [5.74, 6) is 2.23. The Kier molecular flexibility index (Phi) is 4.39. The van der Waals surface area contributed by atoms with Crippen molar-refractivity contribution in [2.45, 2.75) is 25.3 Å². The van der Waals surface area contributed by atoms with Crippen molar-refractivity contribution < 1.29 is 0 Å². The van der Waals surface area contributed by atoms with Crippen molar-refractivity contribution in [2.75, 3.05) is 16.6 Å². The first kappa shape index (κ1) is 17.3. The number of hydrogen-bond donors (Lipinski definition) is 5. The van der Waals surface area contributed by atoms with Gasteiger partial charge < -0.3 is 24.1 Å². The molecule has 4 rings (SSSR count). The van der Waals surface area contributed by atoms with Crippen LogP contribution in [0.25, 0.3) is 11.0 Å². The minimum Gasteiger partial charge on any atom is -0.356 e. The Labute approximate surface area is 165 Å². The lowest BCUT2D eigenvalue weighted by Gasteiger charge is -2.39. The third-order valence-corrected chi connectivity index (χ3v) is 5.79. The fraction of sp³-hybridized carbons (Fsp3) is 0.333. The molecular weight excluding hydrogens is 441 g/mol. The van der Waals surface area contributed by atoms with Crippen LogP contribution in [-0.4, -0.2) is 38.8 Å². The monoisotopic (exact) mass is 463 g/mol. The summed E-state index contributed by atoms with van der Waals surface area (Å²) in [6, 6.07) is 8.06. The molecule has 26 heavy (non-hydrogen) atoms. The number of aromatic nitrogens is 3. The molecule has 8 heteroatoms. The van der Waals surface area contributed by atoms with E-state index in [2.05, 4.69) is 54.3 Å². The number of nitrogens with zero attached hydrogens (tertiary/aromatic N) is 2. The van der Waals surface area contributed by atoms with Crippen LogP contribution in [-0.2, 0) is 5.54 Å². The van der Waals surface area contributed by atoms with E-state index in [-0.39, 0.29) is 0 Å². The van der Waals surface area contributed by atoms with E-state index in [1.54, 1.807) is 0 Å². The van der Waals surface area contributed by atoms with Crippen LogP contribution in [0.5, 0.6) is 0 Å². The maximum atomic E-state index is 8.53. The summed E-state index contributed by atoms with van der Waals surface area (Å²) in [4.78, 5) is 13.4. The molecule has 136 valence electrons. The van der Waals surface area contributed by atoms with Gasteiger partial charge in [0.15, 0.2) is 0 Å². The number of benzene rings is 1. The first-order valence-electron chi connectivity index (χ1n) is 8.64. The number of aryl methyl sites for hydroxylation is 1. The van der Waals surface area contributed by atoms with Crippen molar-refractivity contribution in [1.29, 1.82) is 5.41 Å². The number of para-hydroxylation sites is 1. The number of piperidine rings is 1. The van der Waals surface area contributed by atoms with Gasteiger partial charge in [-0.15, -0.1) is 0 Å². The Hall–Kier alpha value is -2.07. The van der Waals surface area contributed by atoms with E-state index in [1.165, 1.54) is 0 Å². The molecule has 1 aliphatic heterocycles. The van der Waals surface area contributed by atoms with Gasteiger partial charge in [-0.05, 0) is 37.5 Å². The van der Waals surface area contributed by atoms with Crippen LogP contribution in [0.3, 0.4) is 0 Å². The number of aromatic amines is 2. The van der Waals surface area contributed by atoms with Crippen molar-refractivity contribution in [3.8, 4) is 0 Å². The molecular formula is C18H22IN7. The molecule has 0 atom stereocenters. The van der Waals surface area contributed by atoms with Crippen molar-refractivity contribution in [3.63, 3.8) is 0 Å². The van der Waals surface area contributed by atoms with Gasteiger partial charge in [-0.3, -0.25) is 5.41 Å². The highest BCUT2D eigenvalue weighted by molar-refractivity contribution is 14.1. The Morgan fingerprint density at radius 3 is 2.81 bits per heavy atom. The van der Waals surface area contributed by atoms with Crippen LogP contribution in [0, 0.1) is 12.3 Å². The Morgan fingerprint density at radius 1 is 1.35 bits per heavy atom. The summed E-state index contributed by atoms with van der Waals surface area (Å²) in [5.41, 5.74) is 10.3. The van der Waals surface area contributed by atoms with Crippen LogP contribution >= 0.6 is 22.9 Å². The third kappa shape index (κ3) is 2.86. The average molecular weight is 463 g/mol. The van der Waals surface area contributed by atoms with Crippen molar-refractivity contribution in [3.05, 3.63) is 47.4 Å². The highest BCUT2D eigenvalue weighted by Crippen LogP contribution is 2.31. The summed E-state index contributed by atoms with van der Waals surface area (Å²) >= 11 is 2.07. The van der Waals surface area contributed by atoms with E-state index >= 15 is 0 Å². The number of rotatable bonds is 3. The molecule has 0 saturated carbocycles. The summed E-state index contributed by atoms with van der Waals surface area (Å²) in [7, 11) is 0. The summed E-state index contributed by atoms with van der Waals surface area (Å²) < 4.78 is 3.07. The fourth-order valence-electron chi connectivity index (χ4n) is 3.59. The van der Waals surface area contributed by atoms with Crippen molar-refractivity contribution >= 4 is 45.6 Å². The maximum absolute atomic E-state index is 8.53. The minimum atomic E-state index is -0.481. The Morgan fingerprint density at radius 2 is 2.12 bits per heavy atom. The summed E-state index contributed by atoms with van der Waals surface area (Å²) in [6.07, 6.45) is 3.36. The van der Waals surface area contributed by atoms with Crippen LogP contribution in [0.2, 0.25) is 0 Å². The van der Waals surface area contributed by atoms with Crippen LogP contribution in [0.4, 0.5) is 5.82 Å². The number of H-pyrrole nitrogens is 2. The zero-order chi connectivity index (χ0) is 18.3. The smallest absolute Gasteiger partial charge is 0.131 e. The zero-order valence-electron chi connectivity index (χ0n) is 14.6. The molecule has 1 aliphatic rings. The predicted octanol–water partition coefficient (Wildman–Crippen LogP) is 3.24. The molecule has 3 heterocycles. The normalized spacial score (nSPS) is 16.8. The van der Waals surface area contributed by atoms with Gasteiger partial charge >= 0.3 is 0 Å². The molecule has 3 aromatic rings. The SMILES string of the molecule is Cc1cccc2[nH]c(C3(N)CCN(C(=N)c4cc[nH]c4NI)CC3)nc12. The van der Waals surface area contributed by atoms with E-state index < -0.39 is 5.54 Å². The van der Waals surface area contributed by atoms with E-state index in [1.807, 2.05) is 24.4 Å². The number of nitrogens with one attached hydrogen (secondary N) is 4. The van der Waals surface area contributed by atoms with E-state index in [9.17, 15) is 0 Å². The van der Waals surface area contributed by atoms with Gasteiger partial charge in [0.2, 0.25) is 0 Å². The van der Waals surface area contributed by atoms with Gasteiger partial charge in [0, 0.05) is 19.3 Å². The van der Waals surface area contributed by atoms with Gasteiger partial charge in [-0.2, -0.15) is 0 Å². The zero-order valence-corrected chi connectivity index (χ0v) is 16.7. The fourth-order valence-corrected chi connectivity index (χ4v) is 4.04. The number of anilines is 1. The average Bonchev–Trinajstić information content (AvgIpc) is 3.29. The molecule has 6 N–H and O–H groups in total. The maximum Gasteiger partial charge on any atom is 0.131 e. The largest absolute Gasteiger partial charge is 0.356 e. The van der Waals surface area contributed by atoms with Gasteiger partial charge in [-0.25, -0.2) is 4.98 Å². The lowest BCUT2D eigenvalue weighted by molar-refractivity contribution is 0.222. The molecule has 0 radical (unpaired) electrons. The number of nitrogens with two attached hydrogens (primary N) is 1. The van der Waals surface area contributed by atoms with Gasteiger partial charge in [0.25, 0.3) is 0 Å². The quantitative estimate of drug-likeness (QED) is 0.178. The van der Waals surface area contributed by atoms with Crippen LogP contribution < -0.4 is 9.26 Å². The molecule has 0 amide bonds. The summed E-state index contributed by atoms with van der Waals surface area (Å²) in [5, 5.41) is 8.53. The first-order valence-corrected chi connectivity index (χ1v) is 9.72. The second-order valence-corrected chi connectivity index (χ2v) is 7.45. The molecule has 1 saturated heterocycles. The lowest BCUT2D eigenvalue weighted by atomic mass is 9.87. The third-order valence-electron chi connectivity index (χ3n) is 5.25. The molecule has 0 unspecified atom stereocenters. The lowest BCUT2D eigenvalue weighted by Crippen LogP contribution is -2.50. The number of imidazole rings is 1. The number of amidine groups is 1. The van der Waals surface area contributed by atoms with Crippen LogP contribution in [0.1, 0.15) is 29.8 Å². The topological polar surface area (TPSA) is 110 Å². The Balaban J connectivity index is 1.53. The minimum absolute atomic E-state index is 0.481. The number of hydrogen-bond acceptors (Lipinski definition) is 4. The molecule has 0 bridgehead atoms. The molecule has 7 nitrogen and oxygen atoms in total. The molecule has 0 aliphatic carbocycles. The highest BCUT2D eigenvalue weighted by atomic mass is 127. The highest BCUT2D eigenvalue weighted by Gasteiger charge is 2.36. The van der Waals surface area contributed by atoms with Crippen LogP contribution in [0.15, 0.2) is 30.5 Å². The van der Waals surface area contributed by atoms with Gasteiger partial charge in [0.1, 0.15) is 17.5 Å². The molecule has 0 spiro atoms. The first-order chi connectivity index (χ1) is 12.5. The van der Waals surface area contributed by atoms with E-state index in [0.29, 0.717) is 5.84 Å².